The third-order valence-electron chi connectivity index (χ3n) is 4.94. The molecule has 0 N–H and O–H groups in total. The highest BCUT2D eigenvalue weighted by atomic mass is 32.1. The van der Waals surface area contributed by atoms with E-state index in [4.69, 9.17) is 0 Å². The van der Waals surface area contributed by atoms with Crippen molar-refractivity contribution in [3.63, 3.8) is 0 Å². The van der Waals surface area contributed by atoms with Crippen LogP contribution in [0, 0.1) is 6.92 Å². The van der Waals surface area contributed by atoms with Crippen LogP contribution >= 0.6 is 13.5 Å². The number of anilines is 1. The number of hydrogen-bond acceptors (Lipinski definition) is 3. The van der Waals surface area contributed by atoms with E-state index in [0.717, 1.165) is 28.9 Å². The molecule has 5 nitrogen and oxygen atoms in total. The molecule has 0 unspecified atom stereocenters. The van der Waals surface area contributed by atoms with Gasteiger partial charge >= 0.3 is 0 Å². The second-order valence-electron chi connectivity index (χ2n) is 6.84. The van der Waals surface area contributed by atoms with Gasteiger partial charge in [-0.1, -0.05) is 24.6 Å². The van der Waals surface area contributed by atoms with Crippen molar-refractivity contribution in [2.24, 2.45) is 0 Å². The highest BCUT2D eigenvalue weighted by Crippen LogP contribution is 2.32. The average molecular weight is 381 g/mol. The third kappa shape index (κ3) is 3.37. The zero-order valence-corrected chi connectivity index (χ0v) is 16.8. The molecule has 0 saturated heterocycles. The van der Waals surface area contributed by atoms with Crippen molar-refractivity contribution in [2.75, 3.05) is 11.4 Å². The van der Waals surface area contributed by atoms with E-state index in [-0.39, 0.29) is 25.4 Å². The molecule has 3 aromatic rings. The topological polar surface area (TPSA) is 51.0 Å². The highest BCUT2D eigenvalue weighted by Gasteiger charge is 2.33. The molecule has 140 valence electrons. The Morgan fingerprint density at radius 3 is 2.63 bits per heavy atom. The molecule has 1 aromatic carbocycles. The molecule has 4 rings (SSSR count). The number of nitrogens with zero attached hydrogens (tertiary/aromatic N) is 4. The Kier molecular flexibility index (Phi) is 5.37. The van der Waals surface area contributed by atoms with Crippen molar-refractivity contribution >= 4 is 25.1 Å². The van der Waals surface area contributed by atoms with Crippen LogP contribution in [0.5, 0.6) is 0 Å². The van der Waals surface area contributed by atoms with E-state index in [2.05, 4.69) is 23.9 Å². The molecule has 1 amide bonds. The Morgan fingerprint density at radius 1 is 1.19 bits per heavy atom. The van der Waals surface area contributed by atoms with Gasteiger partial charge in [0.2, 0.25) is 0 Å². The number of pyridine rings is 1. The number of aryl methyl sites for hydroxylation is 2. The molecular formula is C21H24N4OS. The molecule has 0 spiro atoms. The molecule has 27 heavy (non-hydrogen) atoms. The maximum absolute atomic E-state index is 13.3. The van der Waals surface area contributed by atoms with Crippen LogP contribution in [0.3, 0.4) is 0 Å². The fraction of sp³-hybridized carbons (Fsp3) is 0.286. The van der Waals surface area contributed by atoms with Crippen LogP contribution < -0.4 is 4.90 Å². The fourth-order valence-corrected chi connectivity index (χ4v) is 3.46. The van der Waals surface area contributed by atoms with Crippen molar-refractivity contribution in [3.8, 4) is 11.1 Å². The molecule has 1 aliphatic rings. The summed E-state index contributed by atoms with van der Waals surface area (Å²) in [4.78, 5) is 19.5. The summed E-state index contributed by atoms with van der Waals surface area (Å²) >= 11 is 0. The van der Waals surface area contributed by atoms with Crippen LogP contribution in [0.2, 0.25) is 0 Å². The van der Waals surface area contributed by atoms with Gasteiger partial charge in [0.1, 0.15) is 5.69 Å². The van der Waals surface area contributed by atoms with E-state index in [1.807, 2.05) is 52.9 Å². The minimum Gasteiger partial charge on any atom is -0.305 e. The summed E-state index contributed by atoms with van der Waals surface area (Å²) in [6, 6.07) is 12.2. The number of fused-ring (bicyclic) bond motifs is 1. The quantitative estimate of drug-likeness (QED) is 0.686. The lowest BCUT2D eigenvalue weighted by molar-refractivity contribution is 0.0954. The third-order valence-corrected chi connectivity index (χ3v) is 4.94. The van der Waals surface area contributed by atoms with Crippen molar-refractivity contribution in [3.05, 3.63) is 65.7 Å². The smallest absolute Gasteiger partial charge is 0.277 e. The van der Waals surface area contributed by atoms with Crippen molar-refractivity contribution in [1.29, 1.82) is 0 Å². The minimum atomic E-state index is -0.00527. The number of rotatable bonds is 3. The van der Waals surface area contributed by atoms with Gasteiger partial charge in [-0.05, 0) is 50.1 Å². The van der Waals surface area contributed by atoms with Gasteiger partial charge in [-0.3, -0.25) is 14.5 Å². The molecule has 1 aliphatic heterocycles. The maximum atomic E-state index is 13.3. The van der Waals surface area contributed by atoms with Crippen molar-refractivity contribution in [2.45, 2.75) is 33.2 Å². The van der Waals surface area contributed by atoms with Crippen molar-refractivity contribution in [1.82, 2.24) is 14.8 Å². The standard InChI is InChI=1S/C21H22N4O.H2S/c1-4-17-11-16(9-10-22-17)19-12-23-25-15(3)13-24(21(26)20(19)25)18-7-5-14(2)6-8-18;/h5-12,15H,4,13H2,1-3H3;1H2/t15-;/m0./s1. The predicted molar refractivity (Wildman–Crippen MR) is 113 cm³/mol. The van der Waals surface area contributed by atoms with E-state index >= 15 is 0 Å². The van der Waals surface area contributed by atoms with E-state index in [1.54, 1.807) is 12.4 Å². The zero-order chi connectivity index (χ0) is 18.3. The van der Waals surface area contributed by atoms with Crippen LogP contribution in [0.1, 0.15) is 41.6 Å². The molecule has 0 saturated carbocycles. The van der Waals surface area contributed by atoms with Crippen molar-refractivity contribution < 1.29 is 4.79 Å². The molecule has 6 heteroatoms. The number of hydrogen-bond donors (Lipinski definition) is 0. The predicted octanol–water partition coefficient (Wildman–Crippen LogP) is 4.15. The summed E-state index contributed by atoms with van der Waals surface area (Å²) in [5.74, 6) is -0.00527. The van der Waals surface area contributed by atoms with Gasteiger partial charge in [0, 0.05) is 29.7 Å². The van der Waals surface area contributed by atoms with Gasteiger partial charge in [-0.25, -0.2) is 0 Å². The average Bonchev–Trinajstić information content (AvgIpc) is 3.11. The van der Waals surface area contributed by atoms with Gasteiger partial charge in [-0.15, -0.1) is 0 Å². The SMILES string of the molecule is CCc1cc(-c2cnn3c2C(=O)N(c2ccc(C)cc2)C[C@@H]3C)ccn1.S. The van der Waals surface area contributed by atoms with Gasteiger partial charge in [0.15, 0.2) is 0 Å². The van der Waals surface area contributed by atoms with Gasteiger partial charge in [-0.2, -0.15) is 18.6 Å². The first-order valence-corrected chi connectivity index (χ1v) is 9.00. The van der Waals surface area contributed by atoms with E-state index in [1.165, 1.54) is 5.56 Å². The van der Waals surface area contributed by atoms with E-state index in [9.17, 15) is 4.79 Å². The molecule has 3 heterocycles. The van der Waals surface area contributed by atoms with Crippen LogP contribution in [-0.4, -0.2) is 27.2 Å². The summed E-state index contributed by atoms with van der Waals surface area (Å²) in [6.45, 7) is 6.84. The molecule has 1 atom stereocenters. The molecule has 0 aliphatic carbocycles. The van der Waals surface area contributed by atoms with Crippen LogP contribution in [0.4, 0.5) is 5.69 Å². The van der Waals surface area contributed by atoms with E-state index in [0.29, 0.717) is 12.2 Å². The van der Waals surface area contributed by atoms with Crippen LogP contribution in [-0.2, 0) is 6.42 Å². The highest BCUT2D eigenvalue weighted by molar-refractivity contribution is 7.59. The Labute approximate surface area is 166 Å². The second-order valence-corrected chi connectivity index (χ2v) is 6.84. The van der Waals surface area contributed by atoms with Gasteiger partial charge in [0.25, 0.3) is 5.91 Å². The van der Waals surface area contributed by atoms with Gasteiger partial charge < -0.3 is 4.90 Å². The first-order valence-electron chi connectivity index (χ1n) is 9.00. The summed E-state index contributed by atoms with van der Waals surface area (Å²) < 4.78 is 1.86. The summed E-state index contributed by atoms with van der Waals surface area (Å²) in [7, 11) is 0. The number of aromatic nitrogens is 3. The first-order chi connectivity index (χ1) is 12.6. The van der Waals surface area contributed by atoms with E-state index < -0.39 is 0 Å². The summed E-state index contributed by atoms with van der Waals surface area (Å²) in [6.07, 6.45) is 4.46. The summed E-state index contributed by atoms with van der Waals surface area (Å²) in [5, 5.41) is 4.51. The molecule has 2 aromatic heterocycles. The lowest BCUT2D eigenvalue weighted by Gasteiger charge is -2.32. The Morgan fingerprint density at radius 2 is 1.93 bits per heavy atom. The van der Waals surface area contributed by atoms with Crippen LogP contribution in [0.25, 0.3) is 11.1 Å². The van der Waals surface area contributed by atoms with Crippen LogP contribution in [0.15, 0.2) is 48.8 Å². The monoisotopic (exact) mass is 380 g/mol. The number of carbonyl (C=O) groups excluding carboxylic acids is 1. The zero-order valence-electron chi connectivity index (χ0n) is 15.8. The molecule has 0 bridgehead atoms. The largest absolute Gasteiger partial charge is 0.305 e. The van der Waals surface area contributed by atoms with Gasteiger partial charge in [0.05, 0.1) is 12.2 Å². The minimum absolute atomic E-state index is 0. The lowest BCUT2D eigenvalue weighted by atomic mass is 10.0. The molecular weight excluding hydrogens is 356 g/mol. The Bertz CT molecular complexity index is 965. The second kappa shape index (κ2) is 7.56. The maximum Gasteiger partial charge on any atom is 0.277 e. The molecule has 0 radical (unpaired) electrons. The number of amides is 1. The summed E-state index contributed by atoms with van der Waals surface area (Å²) in [5.41, 5.74) is 5.63. The number of carbonyl (C=O) groups is 1. The Balaban J connectivity index is 0.00000210. The Hall–Kier alpha value is -2.60. The normalized spacial score (nSPS) is 16.0. The number of benzene rings is 1. The lowest BCUT2D eigenvalue weighted by Crippen LogP contribution is -2.42. The first kappa shape index (κ1) is 19.2. The fourth-order valence-electron chi connectivity index (χ4n) is 3.46. The molecule has 0 fully saturated rings.